The Labute approximate surface area is 111 Å². The predicted octanol–water partition coefficient (Wildman–Crippen LogP) is 1.27. The summed E-state index contributed by atoms with van der Waals surface area (Å²) >= 11 is 0. The van der Waals surface area contributed by atoms with Crippen LogP contribution >= 0.6 is 0 Å². The van der Waals surface area contributed by atoms with Crippen LogP contribution in [-0.2, 0) is 4.79 Å². The lowest BCUT2D eigenvalue weighted by Gasteiger charge is -2.26. The number of carbonyl (C=O) groups excluding carboxylic acids is 1. The zero-order valence-electron chi connectivity index (χ0n) is 12.2. The number of rotatable bonds is 6. The quantitative estimate of drug-likeness (QED) is 0.774. The van der Waals surface area contributed by atoms with Gasteiger partial charge in [0.1, 0.15) is 0 Å². The van der Waals surface area contributed by atoms with E-state index in [1.165, 1.54) is 0 Å². The fourth-order valence-corrected chi connectivity index (χ4v) is 2.81. The highest BCUT2D eigenvalue weighted by Crippen LogP contribution is 2.43. The van der Waals surface area contributed by atoms with E-state index >= 15 is 0 Å². The van der Waals surface area contributed by atoms with Crippen LogP contribution in [0.3, 0.4) is 0 Å². The zero-order valence-corrected chi connectivity index (χ0v) is 12.2. The van der Waals surface area contributed by atoms with Crippen molar-refractivity contribution in [2.45, 2.75) is 51.2 Å². The lowest BCUT2D eigenvalue weighted by Crippen LogP contribution is -2.39. The van der Waals surface area contributed by atoms with Crippen LogP contribution in [-0.4, -0.2) is 54.6 Å². The van der Waals surface area contributed by atoms with Gasteiger partial charge in [-0.1, -0.05) is 13.8 Å². The Morgan fingerprint density at radius 2 is 2.11 bits per heavy atom. The topological polar surface area (TPSA) is 35.6 Å². The van der Waals surface area contributed by atoms with Crippen molar-refractivity contribution in [3.63, 3.8) is 0 Å². The molecule has 2 fully saturated rings. The summed E-state index contributed by atoms with van der Waals surface area (Å²) in [6, 6.07) is 0. The van der Waals surface area contributed by atoms with Crippen LogP contribution in [0, 0.1) is 5.92 Å². The van der Waals surface area contributed by atoms with Crippen LogP contribution in [0.1, 0.15) is 39.5 Å². The van der Waals surface area contributed by atoms with Crippen LogP contribution in [0.25, 0.3) is 0 Å². The smallest absolute Gasteiger partial charge is 0.244 e. The van der Waals surface area contributed by atoms with Crippen LogP contribution < -0.4 is 5.32 Å². The summed E-state index contributed by atoms with van der Waals surface area (Å²) in [7, 11) is 4.16. The molecule has 0 aromatic carbocycles. The van der Waals surface area contributed by atoms with Crippen molar-refractivity contribution in [2.24, 2.45) is 5.92 Å². The lowest BCUT2D eigenvalue weighted by molar-refractivity contribution is -0.131. The molecule has 1 unspecified atom stereocenters. The SMILES string of the molecule is CC(C)CC1NC2(CC2)C(=O)N1CCCN(C)C. The Balaban J connectivity index is 1.92. The van der Waals surface area contributed by atoms with Crippen molar-refractivity contribution < 1.29 is 4.79 Å². The van der Waals surface area contributed by atoms with E-state index in [2.05, 4.69) is 43.1 Å². The van der Waals surface area contributed by atoms with Gasteiger partial charge in [0.25, 0.3) is 0 Å². The number of nitrogens with zero attached hydrogens (tertiary/aromatic N) is 2. The maximum Gasteiger partial charge on any atom is 0.244 e. The largest absolute Gasteiger partial charge is 0.325 e. The van der Waals surface area contributed by atoms with Gasteiger partial charge in [-0.25, -0.2) is 0 Å². The van der Waals surface area contributed by atoms with Crippen molar-refractivity contribution >= 4 is 5.91 Å². The molecule has 18 heavy (non-hydrogen) atoms. The summed E-state index contributed by atoms with van der Waals surface area (Å²) in [4.78, 5) is 16.7. The van der Waals surface area contributed by atoms with Gasteiger partial charge in [0.2, 0.25) is 5.91 Å². The van der Waals surface area contributed by atoms with Gasteiger partial charge >= 0.3 is 0 Å². The molecule has 1 aliphatic carbocycles. The maximum absolute atomic E-state index is 12.4. The first-order valence-corrected chi connectivity index (χ1v) is 7.18. The molecule has 1 aliphatic heterocycles. The third-order valence-corrected chi connectivity index (χ3v) is 3.94. The van der Waals surface area contributed by atoms with Gasteiger partial charge in [0.05, 0.1) is 11.7 Å². The van der Waals surface area contributed by atoms with Crippen molar-refractivity contribution in [3.05, 3.63) is 0 Å². The second kappa shape index (κ2) is 5.17. The average molecular weight is 253 g/mol. The highest BCUT2D eigenvalue weighted by molar-refractivity contribution is 5.91. The molecular weight excluding hydrogens is 226 g/mol. The molecule has 1 heterocycles. The van der Waals surface area contributed by atoms with Gasteiger partial charge < -0.3 is 9.80 Å². The zero-order chi connectivity index (χ0) is 13.3. The summed E-state index contributed by atoms with van der Waals surface area (Å²) in [6.45, 7) is 6.39. The van der Waals surface area contributed by atoms with E-state index in [1.54, 1.807) is 0 Å². The third kappa shape index (κ3) is 2.86. The Hall–Kier alpha value is -0.610. The average Bonchev–Trinajstić information content (AvgIpc) is 2.98. The van der Waals surface area contributed by atoms with Crippen LogP contribution in [0.4, 0.5) is 0 Å². The van der Waals surface area contributed by atoms with Crippen molar-refractivity contribution in [2.75, 3.05) is 27.2 Å². The number of hydrogen-bond acceptors (Lipinski definition) is 3. The molecule has 0 aromatic heterocycles. The molecule has 1 spiro atoms. The molecule has 4 nitrogen and oxygen atoms in total. The summed E-state index contributed by atoms with van der Waals surface area (Å²) in [6.07, 6.45) is 4.46. The minimum absolute atomic E-state index is 0.155. The van der Waals surface area contributed by atoms with E-state index in [9.17, 15) is 4.79 Å². The number of carbonyl (C=O) groups is 1. The fourth-order valence-electron chi connectivity index (χ4n) is 2.81. The van der Waals surface area contributed by atoms with Gasteiger partial charge in [-0.15, -0.1) is 0 Å². The molecule has 1 N–H and O–H groups in total. The normalized spacial score (nSPS) is 25.8. The van der Waals surface area contributed by atoms with Gasteiger partial charge in [0.15, 0.2) is 0 Å². The highest BCUT2D eigenvalue weighted by Gasteiger charge is 2.58. The van der Waals surface area contributed by atoms with Gasteiger partial charge in [-0.05, 0) is 52.2 Å². The fraction of sp³-hybridized carbons (Fsp3) is 0.929. The molecule has 2 rings (SSSR count). The molecule has 1 amide bonds. The molecule has 0 aromatic rings. The minimum atomic E-state index is -0.155. The Morgan fingerprint density at radius 1 is 1.44 bits per heavy atom. The third-order valence-electron chi connectivity index (χ3n) is 3.94. The van der Waals surface area contributed by atoms with E-state index in [-0.39, 0.29) is 11.7 Å². The first kappa shape index (κ1) is 13.8. The molecule has 1 atom stereocenters. The molecule has 0 radical (unpaired) electrons. The summed E-state index contributed by atoms with van der Waals surface area (Å²) < 4.78 is 0. The Kier molecular flexibility index (Phi) is 3.97. The Bertz CT molecular complexity index is 310. The van der Waals surface area contributed by atoms with Crippen molar-refractivity contribution in [3.8, 4) is 0 Å². The maximum atomic E-state index is 12.4. The van der Waals surface area contributed by atoms with Crippen LogP contribution in [0.15, 0.2) is 0 Å². The summed E-state index contributed by atoms with van der Waals surface area (Å²) in [5.74, 6) is 0.979. The van der Waals surface area contributed by atoms with Crippen molar-refractivity contribution in [1.82, 2.24) is 15.1 Å². The van der Waals surface area contributed by atoms with E-state index in [0.717, 1.165) is 38.8 Å². The predicted molar refractivity (Wildman–Crippen MR) is 73.2 cm³/mol. The van der Waals surface area contributed by atoms with Crippen LogP contribution in [0.2, 0.25) is 0 Å². The number of amides is 1. The molecular formula is C14H27N3O. The minimum Gasteiger partial charge on any atom is -0.325 e. The lowest BCUT2D eigenvalue weighted by atomic mass is 10.1. The van der Waals surface area contributed by atoms with Gasteiger partial charge in [-0.2, -0.15) is 0 Å². The molecule has 1 saturated carbocycles. The molecule has 4 heteroatoms. The van der Waals surface area contributed by atoms with E-state index in [4.69, 9.17) is 0 Å². The molecule has 2 aliphatic rings. The second-order valence-corrected chi connectivity index (χ2v) is 6.53. The first-order valence-electron chi connectivity index (χ1n) is 7.18. The molecule has 1 saturated heterocycles. The van der Waals surface area contributed by atoms with Crippen molar-refractivity contribution in [1.29, 1.82) is 0 Å². The van der Waals surface area contributed by atoms with E-state index < -0.39 is 0 Å². The van der Waals surface area contributed by atoms with Crippen LogP contribution in [0.5, 0.6) is 0 Å². The van der Waals surface area contributed by atoms with Gasteiger partial charge in [0, 0.05) is 6.54 Å². The Morgan fingerprint density at radius 3 is 2.61 bits per heavy atom. The number of hydrogen-bond donors (Lipinski definition) is 1. The number of nitrogens with one attached hydrogen (secondary N) is 1. The highest BCUT2D eigenvalue weighted by atomic mass is 16.2. The summed E-state index contributed by atoms with van der Waals surface area (Å²) in [5, 5.41) is 3.57. The van der Waals surface area contributed by atoms with E-state index in [0.29, 0.717) is 11.8 Å². The molecule has 0 bridgehead atoms. The van der Waals surface area contributed by atoms with E-state index in [1.807, 2.05) is 0 Å². The van der Waals surface area contributed by atoms with Gasteiger partial charge in [-0.3, -0.25) is 10.1 Å². The monoisotopic (exact) mass is 253 g/mol. The second-order valence-electron chi connectivity index (χ2n) is 6.53. The summed E-state index contributed by atoms with van der Waals surface area (Å²) in [5.41, 5.74) is -0.155. The molecule has 104 valence electrons. The standard InChI is InChI=1S/C14H27N3O/c1-11(2)10-12-15-14(6-7-14)13(18)17(12)9-5-8-16(3)4/h11-12,15H,5-10H2,1-4H3. The first-order chi connectivity index (χ1) is 8.44.